The number of piperidine rings is 1. The molecule has 1 aliphatic heterocycles. The zero-order valence-corrected chi connectivity index (χ0v) is 17.5. The summed E-state index contributed by atoms with van der Waals surface area (Å²) in [6.45, 7) is 2.20. The van der Waals surface area contributed by atoms with E-state index in [1.54, 1.807) is 0 Å². The number of nitrogens with zero attached hydrogens (tertiary/aromatic N) is 1. The molecule has 0 saturated carbocycles. The van der Waals surface area contributed by atoms with Crippen molar-refractivity contribution < 1.29 is 24.5 Å². The third-order valence-electron chi connectivity index (χ3n) is 4.62. The van der Waals surface area contributed by atoms with E-state index in [0.29, 0.717) is 18.3 Å². The van der Waals surface area contributed by atoms with Gasteiger partial charge in [0.25, 0.3) is 0 Å². The molecule has 0 aromatic heterocycles. The van der Waals surface area contributed by atoms with Gasteiger partial charge in [-0.3, -0.25) is 0 Å². The van der Waals surface area contributed by atoms with Crippen LogP contribution in [0.1, 0.15) is 30.1 Å². The quantitative estimate of drug-likeness (QED) is 0.665. The molecule has 1 heterocycles. The van der Waals surface area contributed by atoms with Crippen LogP contribution in [-0.4, -0.2) is 53.3 Å². The fraction of sp³-hybridized carbons (Fsp3) is 0.304. The molecule has 2 aromatic carbocycles. The summed E-state index contributed by atoms with van der Waals surface area (Å²) in [5, 5.41) is 16.4. The van der Waals surface area contributed by atoms with E-state index >= 15 is 0 Å². The van der Waals surface area contributed by atoms with Crippen LogP contribution in [0.2, 0.25) is 5.02 Å². The highest BCUT2D eigenvalue weighted by Crippen LogP contribution is 2.31. The number of aliphatic carboxylic acids is 2. The number of carboxylic acids is 2. The Morgan fingerprint density at radius 3 is 2.10 bits per heavy atom. The fourth-order valence-corrected chi connectivity index (χ4v) is 3.30. The van der Waals surface area contributed by atoms with Crippen molar-refractivity contribution >= 4 is 23.5 Å². The molecule has 1 aliphatic rings. The van der Waals surface area contributed by atoms with Gasteiger partial charge >= 0.3 is 11.9 Å². The van der Waals surface area contributed by atoms with Gasteiger partial charge in [0.2, 0.25) is 0 Å². The third-order valence-corrected chi connectivity index (χ3v) is 4.85. The second-order valence-corrected chi connectivity index (χ2v) is 7.43. The van der Waals surface area contributed by atoms with Crippen LogP contribution in [0.25, 0.3) is 0 Å². The Bertz CT molecular complexity index is 832. The van der Waals surface area contributed by atoms with Crippen LogP contribution in [-0.2, 0) is 14.3 Å². The Morgan fingerprint density at radius 2 is 1.57 bits per heavy atom. The van der Waals surface area contributed by atoms with E-state index in [1.165, 1.54) is 5.56 Å². The summed E-state index contributed by atoms with van der Waals surface area (Å²) in [7, 11) is 2.17. The first kappa shape index (κ1) is 23.6. The highest BCUT2D eigenvalue weighted by atomic mass is 35.5. The van der Waals surface area contributed by atoms with Gasteiger partial charge in [-0.2, -0.15) is 0 Å². The Balaban J connectivity index is 0.000000343. The maximum atomic E-state index is 9.55. The predicted molar refractivity (Wildman–Crippen MR) is 116 cm³/mol. The number of likely N-dealkylation sites (tertiary alicyclic amines) is 1. The number of rotatable bonds is 6. The molecule has 2 N–H and O–H groups in total. The second kappa shape index (κ2) is 12.1. The molecule has 0 spiro atoms. The van der Waals surface area contributed by atoms with Gasteiger partial charge in [-0.1, -0.05) is 54.1 Å². The molecule has 3 rings (SSSR count). The van der Waals surface area contributed by atoms with Gasteiger partial charge in [0, 0.05) is 30.3 Å². The molecule has 2 aromatic rings. The zero-order valence-electron chi connectivity index (χ0n) is 16.8. The normalized spacial score (nSPS) is 15.9. The third kappa shape index (κ3) is 8.37. The Morgan fingerprint density at radius 1 is 1.00 bits per heavy atom. The summed E-state index contributed by atoms with van der Waals surface area (Å²) in [5.41, 5.74) is 2.31. The van der Waals surface area contributed by atoms with Crippen LogP contribution in [0.5, 0.6) is 0 Å². The molecule has 30 heavy (non-hydrogen) atoms. The summed E-state index contributed by atoms with van der Waals surface area (Å²) in [4.78, 5) is 21.5. The van der Waals surface area contributed by atoms with Crippen molar-refractivity contribution in [3.63, 3.8) is 0 Å². The van der Waals surface area contributed by atoms with Crippen LogP contribution in [0, 0.1) is 0 Å². The molecule has 0 radical (unpaired) electrons. The van der Waals surface area contributed by atoms with Gasteiger partial charge in [-0.25, -0.2) is 9.59 Å². The topological polar surface area (TPSA) is 87.1 Å². The largest absolute Gasteiger partial charge is 0.478 e. The molecule has 0 amide bonds. The Labute approximate surface area is 181 Å². The Kier molecular flexibility index (Phi) is 9.54. The SMILES string of the molecule is CN1CCC(OC(c2ccccc2)c2cccc(Cl)c2)CC1.O=C(O)/C=C/C(=O)O. The monoisotopic (exact) mass is 431 g/mol. The first-order chi connectivity index (χ1) is 14.3. The number of carbonyl (C=O) groups is 2. The summed E-state index contributed by atoms with van der Waals surface area (Å²) >= 11 is 6.18. The molecule has 0 aliphatic carbocycles. The van der Waals surface area contributed by atoms with Gasteiger partial charge in [0.15, 0.2) is 0 Å². The summed E-state index contributed by atoms with van der Waals surface area (Å²) in [6.07, 6.45) is 3.54. The van der Waals surface area contributed by atoms with Crippen LogP contribution in [0.3, 0.4) is 0 Å². The highest BCUT2D eigenvalue weighted by Gasteiger charge is 2.23. The van der Waals surface area contributed by atoms with E-state index in [2.05, 4.69) is 42.3 Å². The van der Waals surface area contributed by atoms with E-state index in [-0.39, 0.29) is 6.10 Å². The summed E-state index contributed by atoms with van der Waals surface area (Å²) < 4.78 is 6.48. The average Bonchev–Trinajstić information content (AvgIpc) is 2.73. The van der Waals surface area contributed by atoms with Crippen molar-refractivity contribution in [1.29, 1.82) is 0 Å². The second-order valence-electron chi connectivity index (χ2n) is 6.99. The maximum absolute atomic E-state index is 9.55. The standard InChI is InChI=1S/C19H22ClNO.C4H4O4/c1-21-12-10-18(11-13-21)22-19(15-6-3-2-4-7-15)16-8-5-9-17(20)14-16;5-3(6)1-2-4(7)8/h2-9,14,18-19H,10-13H2,1H3;1-2H,(H,5,6)(H,7,8)/b;2-1+. The molecule has 1 fully saturated rings. The van der Waals surface area contributed by atoms with Gasteiger partial charge < -0.3 is 19.8 Å². The highest BCUT2D eigenvalue weighted by molar-refractivity contribution is 6.30. The van der Waals surface area contributed by atoms with Crippen LogP contribution < -0.4 is 0 Å². The van der Waals surface area contributed by atoms with Gasteiger partial charge in [-0.15, -0.1) is 0 Å². The molecule has 1 saturated heterocycles. The minimum absolute atomic E-state index is 0.0479. The fourth-order valence-electron chi connectivity index (χ4n) is 3.10. The van der Waals surface area contributed by atoms with Gasteiger partial charge in [0.05, 0.1) is 6.10 Å². The first-order valence-electron chi connectivity index (χ1n) is 9.63. The lowest BCUT2D eigenvalue weighted by Crippen LogP contribution is -2.35. The number of ether oxygens (including phenoxy) is 1. The molecule has 6 nitrogen and oxygen atoms in total. The maximum Gasteiger partial charge on any atom is 0.328 e. The van der Waals surface area contributed by atoms with Crippen molar-refractivity contribution in [1.82, 2.24) is 4.90 Å². The zero-order chi connectivity index (χ0) is 21.9. The number of carboxylic acid groups (broad SMARTS) is 2. The molecule has 0 bridgehead atoms. The summed E-state index contributed by atoms with van der Waals surface area (Å²) in [6, 6.07) is 18.4. The summed E-state index contributed by atoms with van der Waals surface area (Å²) in [5.74, 6) is -2.51. The van der Waals surface area contributed by atoms with Crippen molar-refractivity contribution in [3.05, 3.63) is 82.9 Å². The molecule has 7 heteroatoms. The average molecular weight is 432 g/mol. The smallest absolute Gasteiger partial charge is 0.328 e. The minimum Gasteiger partial charge on any atom is -0.478 e. The molecule has 1 atom stereocenters. The van der Waals surface area contributed by atoms with E-state index in [9.17, 15) is 9.59 Å². The number of halogens is 1. The Hall–Kier alpha value is -2.67. The lowest BCUT2D eigenvalue weighted by Gasteiger charge is -2.32. The van der Waals surface area contributed by atoms with Gasteiger partial charge in [0.1, 0.15) is 6.10 Å². The van der Waals surface area contributed by atoms with E-state index in [1.807, 2.05) is 24.3 Å². The molecular formula is C23H26ClNO5. The number of hydrogen-bond donors (Lipinski definition) is 2. The van der Waals surface area contributed by atoms with Crippen LogP contribution in [0.15, 0.2) is 66.7 Å². The number of hydrogen-bond acceptors (Lipinski definition) is 4. The van der Waals surface area contributed by atoms with Crippen molar-refractivity contribution in [3.8, 4) is 0 Å². The van der Waals surface area contributed by atoms with E-state index < -0.39 is 11.9 Å². The molecule has 1 unspecified atom stereocenters. The van der Waals surface area contributed by atoms with Crippen molar-refractivity contribution in [2.75, 3.05) is 20.1 Å². The van der Waals surface area contributed by atoms with Gasteiger partial charge in [-0.05, 0) is 43.1 Å². The van der Waals surface area contributed by atoms with Crippen LogP contribution in [0.4, 0.5) is 0 Å². The number of benzene rings is 2. The van der Waals surface area contributed by atoms with E-state index in [4.69, 9.17) is 26.6 Å². The minimum atomic E-state index is -1.26. The lowest BCUT2D eigenvalue weighted by molar-refractivity contribution is -0.134. The van der Waals surface area contributed by atoms with Crippen molar-refractivity contribution in [2.24, 2.45) is 0 Å². The molecule has 160 valence electrons. The van der Waals surface area contributed by atoms with E-state index in [0.717, 1.165) is 36.5 Å². The molecular weight excluding hydrogens is 406 g/mol. The van der Waals surface area contributed by atoms with Crippen molar-refractivity contribution in [2.45, 2.75) is 25.0 Å². The predicted octanol–water partition coefficient (Wildman–Crippen LogP) is 4.25. The lowest BCUT2D eigenvalue weighted by atomic mass is 10.00. The first-order valence-corrected chi connectivity index (χ1v) is 10.0. The van der Waals surface area contributed by atoms with Crippen LogP contribution >= 0.6 is 11.6 Å².